The summed E-state index contributed by atoms with van der Waals surface area (Å²) in [5, 5.41) is 9.64. The van der Waals surface area contributed by atoms with Gasteiger partial charge >= 0.3 is 5.69 Å². The van der Waals surface area contributed by atoms with Gasteiger partial charge in [-0.25, -0.2) is 9.78 Å². The van der Waals surface area contributed by atoms with Crippen LogP contribution in [-0.2, 0) is 7.05 Å². The lowest BCUT2D eigenvalue weighted by molar-refractivity contribution is 0.355. The smallest absolute Gasteiger partial charge is 0.329 e. The summed E-state index contributed by atoms with van der Waals surface area (Å²) < 4.78 is 11.7. The SMILES string of the molecule is COc1ccc(-c2c(C#N)c(N)nc3c2c(=O)[nH]c(=O)n3C)cc1OC. The largest absolute Gasteiger partial charge is 0.493 e. The Kier molecular flexibility index (Phi) is 4.10. The molecule has 9 nitrogen and oxygen atoms in total. The van der Waals surface area contributed by atoms with Gasteiger partial charge < -0.3 is 15.2 Å². The number of methoxy groups -OCH3 is 2. The van der Waals surface area contributed by atoms with Crippen molar-refractivity contribution in [3.8, 4) is 28.7 Å². The third-order valence-electron chi connectivity index (χ3n) is 4.06. The van der Waals surface area contributed by atoms with Crippen molar-refractivity contribution < 1.29 is 9.47 Å². The van der Waals surface area contributed by atoms with Gasteiger partial charge in [-0.1, -0.05) is 6.07 Å². The molecule has 9 heteroatoms. The fourth-order valence-corrected chi connectivity index (χ4v) is 2.78. The molecule has 0 atom stereocenters. The molecule has 0 radical (unpaired) electrons. The zero-order valence-corrected chi connectivity index (χ0v) is 14.3. The van der Waals surface area contributed by atoms with Crippen LogP contribution >= 0.6 is 0 Å². The summed E-state index contributed by atoms with van der Waals surface area (Å²) in [4.78, 5) is 30.7. The molecule has 1 aromatic carbocycles. The van der Waals surface area contributed by atoms with E-state index in [0.29, 0.717) is 17.1 Å². The Balaban J connectivity index is 2.54. The molecule has 0 unspecified atom stereocenters. The average Bonchev–Trinajstić information content (AvgIpc) is 2.64. The Bertz CT molecular complexity index is 1190. The molecule has 0 saturated carbocycles. The number of aryl methyl sites for hydroxylation is 1. The number of aromatic nitrogens is 3. The molecule has 3 N–H and O–H groups in total. The highest BCUT2D eigenvalue weighted by Gasteiger charge is 2.21. The molecule has 2 aromatic heterocycles. The molecule has 0 saturated heterocycles. The first kappa shape index (κ1) is 17.0. The van der Waals surface area contributed by atoms with Crippen molar-refractivity contribution in [1.82, 2.24) is 14.5 Å². The van der Waals surface area contributed by atoms with Gasteiger partial charge in [-0.3, -0.25) is 14.3 Å². The number of rotatable bonds is 3. The second-order valence-electron chi connectivity index (χ2n) is 5.45. The van der Waals surface area contributed by atoms with Gasteiger partial charge in [0.1, 0.15) is 17.5 Å². The number of nitrogens with zero attached hydrogens (tertiary/aromatic N) is 3. The van der Waals surface area contributed by atoms with Gasteiger partial charge in [0.05, 0.1) is 19.6 Å². The second-order valence-corrected chi connectivity index (χ2v) is 5.45. The number of ether oxygens (including phenoxy) is 2. The van der Waals surface area contributed by atoms with Crippen molar-refractivity contribution in [2.75, 3.05) is 20.0 Å². The lowest BCUT2D eigenvalue weighted by Gasteiger charge is -2.14. The first-order valence-corrected chi connectivity index (χ1v) is 7.47. The van der Waals surface area contributed by atoms with Crippen LogP contribution < -0.4 is 26.5 Å². The van der Waals surface area contributed by atoms with Crippen molar-refractivity contribution >= 4 is 16.9 Å². The van der Waals surface area contributed by atoms with E-state index in [0.717, 1.165) is 0 Å². The van der Waals surface area contributed by atoms with E-state index >= 15 is 0 Å². The molecule has 0 aliphatic carbocycles. The molecule has 0 bridgehead atoms. The van der Waals surface area contributed by atoms with Gasteiger partial charge in [0.15, 0.2) is 17.1 Å². The number of H-pyrrole nitrogens is 1. The Morgan fingerprint density at radius 3 is 2.54 bits per heavy atom. The maximum Gasteiger partial charge on any atom is 0.329 e. The molecular formula is C17H15N5O4. The maximum atomic E-state index is 12.5. The van der Waals surface area contributed by atoms with Gasteiger partial charge in [-0.2, -0.15) is 5.26 Å². The number of hydrogen-bond donors (Lipinski definition) is 2. The molecule has 132 valence electrons. The van der Waals surface area contributed by atoms with Crippen LogP contribution in [0.25, 0.3) is 22.2 Å². The van der Waals surface area contributed by atoms with Crippen LogP contribution in [0.15, 0.2) is 27.8 Å². The number of nitrogens with two attached hydrogens (primary N) is 1. The number of benzene rings is 1. The Morgan fingerprint density at radius 1 is 1.23 bits per heavy atom. The van der Waals surface area contributed by atoms with Gasteiger partial charge in [-0.05, 0) is 17.7 Å². The Hall–Kier alpha value is -3.80. The van der Waals surface area contributed by atoms with Crippen LogP contribution in [0.5, 0.6) is 11.5 Å². The monoisotopic (exact) mass is 353 g/mol. The van der Waals surface area contributed by atoms with E-state index in [9.17, 15) is 14.9 Å². The minimum Gasteiger partial charge on any atom is -0.493 e. The molecule has 0 aliphatic heterocycles. The van der Waals surface area contributed by atoms with E-state index in [1.54, 1.807) is 18.2 Å². The average molecular weight is 353 g/mol. The van der Waals surface area contributed by atoms with Crippen LogP contribution in [-0.4, -0.2) is 28.8 Å². The van der Waals surface area contributed by atoms with Crippen molar-refractivity contribution in [1.29, 1.82) is 5.26 Å². The number of nitriles is 1. The molecule has 0 aliphatic rings. The number of hydrogen-bond acceptors (Lipinski definition) is 7. The number of fused-ring (bicyclic) bond motifs is 1. The van der Waals surface area contributed by atoms with E-state index in [1.165, 1.54) is 25.8 Å². The quantitative estimate of drug-likeness (QED) is 0.709. The number of pyridine rings is 1. The molecule has 0 spiro atoms. The predicted octanol–water partition coefficient (Wildman–Crippen LogP) is 0.760. The van der Waals surface area contributed by atoms with Gasteiger partial charge in [0.2, 0.25) is 0 Å². The number of aromatic amines is 1. The number of nitrogen functional groups attached to an aromatic ring is 1. The van der Waals surface area contributed by atoms with E-state index in [1.807, 2.05) is 6.07 Å². The topological polar surface area (TPSA) is 136 Å². The summed E-state index contributed by atoms with van der Waals surface area (Å²) in [5.41, 5.74) is 5.52. The highest BCUT2D eigenvalue weighted by atomic mass is 16.5. The van der Waals surface area contributed by atoms with E-state index in [4.69, 9.17) is 15.2 Å². The fourth-order valence-electron chi connectivity index (χ4n) is 2.78. The van der Waals surface area contributed by atoms with Crippen molar-refractivity contribution in [3.63, 3.8) is 0 Å². The minimum atomic E-state index is -0.656. The zero-order valence-electron chi connectivity index (χ0n) is 14.3. The molecule has 3 aromatic rings. The van der Waals surface area contributed by atoms with Crippen LogP contribution in [0.2, 0.25) is 0 Å². The van der Waals surface area contributed by atoms with Crippen LogP contribution in [0.3, 0.4) is 0 Å². The molecule has 0 fully saturated rings. The van der Waals surface area contributed by atoms with Crippen LogP contribution in [0, 0.1) is 11.3 Å². The second kappa shape index (κ2) is 6.25. The maximum absolute atomic E-state index is 12.5. The van der Waals surface area contributed by atoms with Gasteiger partial charge in [0.25, 0.3) is 5.56 Å². The minimum absolute atomic E-state index is 0.0360. The summed E-state index contributed by atoms with van der Waals surface area (Å²) >= 11 is 0. The van der Waals surface area contributed by atoms with Gasteiger partial charge in [-0.15, -0.1) is 0 Å². The first-order valence-electron chi connectivity index (χ1n) is 7.47. The summed E-state index contributed by atoms with van der Waals surface area (Å²) in [6.45, 7) is 0. The van der Waals surface area contributed by atoms with E-state index in [-0.39, 0.29) is 28.0 Å². The number of nitrogens with one attached hydrogen (secondary N) is 1. The van der Waals surface area contributed by atoms with Crippen molar-refractivity contribution in [2.45, 2.75) is 0 Å². The van der Waals surface area contributed by atoms with Crippen LogP contribution in [0.4, 0.5) is 5.82 Å². The van der Waals surface area contributed by atoms with E-state index < -0.39 is 11.2 Å². The van der Waals surface area contributed by atoms with E-state index in [2.05, 4.69) is 9.97 Å². The van der Waals surface area contributed by atoms with Crippen molar-refractivity contribution in [2.24, 2.45) is 7.05 Å². The molecule has 2 heterocycles. The molecular weight excluding hydrogens is 338 g/mol. The third kappa shape index (κ3) is 2.44. The summed E-state index contributed by atoms with van der Waals surface area (Å²) in [6, 6.07) is 6.92. The molecule has 26 heavy (non-hydrogen) atoms. The predicted molar refractivity (Wildman–Crippen MR) is 95.3 cm³/mol. The first-order chi connectivity index (χ1) is 12.4. The van der Waals surface area contributed by atoms with Crippen LogP contribution in [0.1, 0.15) is 5.56 Å². The highest BCUT2D eigenvalue weighted by Crippen LogP contribution is 2.36. The van der Waals surface area contributed by atoms with Crippen molar-refractivity contribution in [3.05, 3.63) is 44.6 Å². The lowest BCUT2D eigenvalue weighted by atomic mass is 9.97. The third-order valence-corrected chi connectivity index (χ3v) is 4.06. The summed E-state index contributed by atoms with van der Waals surface area (Å²) in [5.74, 6) is 0.825. The molecule has 3 rings (SSSR count). The molecule has 0 amide bonds. The standard InChI is InChI=1S/C17H15N5O4/c1-22-15-13(16(23)21-17(22)24)12(9(7-18)14(19)20-15)8-4-5-10(25-2)11(6-8)26-3/h4-6H,1-3H3,(H2,19,20)(H,21,23,24). The Labute approximate surface area is 147 Å². The summed E-state index contributed by atoms with van der Waals surface area (Å²) in [7, 11) is 4.43. The highest BCUT2D eigenvalue weighted by molar-refractivity contribution is 5.98. The summed E-state index contributed by atoms with van der Waals surface area (Å²) in [6.07, 6.45) is 0. The number of anilines is 1. The Morgan fingerprint density at radius 2 is 1.92 bits per heavy atom. The fraction of sp³-hybridized carbons (Fsp3) is 0.176. The zero-order chi connectivity index (χ0) is 19.0. The van der Waals surface area contributed by atoms with Gasteiger partial charge in [0, 0.05) is 12.6 Å². The lowest BCUT2D eigenvalue weighted by Crippen LogP contribution is -2.29. The normalized spacial score (nSPS) is 10.5.